The Morgan fingerprint density at radius 1 is 1.12 bits per heavy atom. The molecule has 1 unspecified atom stereocenters. The van der Waals surface area contributed by atoms with Crippen LogP contribution in [0.1, 0.15) is 36.9 Å². The summed E-state index contributed by atoms with van der Waals surface area (Å²) in [6.07, 6.45) is 7.15. The van der Waals surface area contributed by atoms with Gasteiger partial charge in [0.05, 0.1) is 24.8 Å². The Morgan fingerprint density at radius 3 is 2.55 bits per heavy atom. The number of aromatic amines is 1. The van der Waals surface area contributed by atoms with E-state index in [9.17, 15) is 14.7 Å². The zero-order valence-corrected chi connectivity index (χ0v) is 18.6. The van der Waals surface area contributed by atoms with E-state index in [1.807, 2.05) is 60.5 Å². The average Bonchev–Trinajstić information content (AvgIpc) is 3.45. The van der Waals surface area contributed by atoms with Gasteiger partial charge in [0.2, 0.25) is 6.33 Å². The van der Waals surface area contributed by atoms with Gasteiger partial charge in [0.25, 0.3) is 11.7 Å². The molecular formula is C26H28N3O4+. The van der Waals surface area contributed by atoms with E-state index in [4.69, 9.17) is 4.74 Å². The van der Waals surface area contributed by atoms with Crippen LogP contribution in [0.15, 0.2) is 78.9 Å². The molecule has 0 saturated carbocycles. The van der Waals surface area contributed by atoms with E-state index in [-0.39, 0.29) is 11.3 Å². The number of nitrogens with zero attached hydrogens (tertiary/aromatic N) is 2. The second kappa shape index (κ2) is 10.2. The van der Waals surface area contributed by atoms with Gasteiger partial charge in [0, 0.05) is 18.5 Å². The van der Waals surface area contributed by atoms with Crippen LogP contribution in [0.5, 0.6) is 5.75 Å². The summed E-state index contributed by atoms with van der Waals surface area (Å²) in [5.41, 5.74) is 1.37. The van der Waals surface area contributed by atoms with Gasteiger partial charge in [-0.25, -0.2) is 4.57 Å². The third-order valence-corrected chi connectivity index (χ3v) is 5.67. The number of amides is 1. The van der Waals surface area contributed by atoms with Crippen LogP contribution in [-0.4, -0.2) is 39.8 Å². The van der Waals surface area contributed by atoms with Crippen LogP contribution in [0.3, 0.4) is 0 Å². The molecular weight excluding hydrogens is 418 g/mol. The number of carbonyl (C=O) groups excluding carboxylic acids is 2. The van der Waals surface area contributed by atoms with Gasteiger partial charge < -0.3 is 14.7 Å². The fraction of sp³-hybridized carbons (Fsp3) is 0.269. The molecule has 7 heteroatoms. The lowest BCUT2D eigenvalue weighted by Crippen LogP contribution is -2.36. The second-order valence-corrected chi connectivity index (χ2v) is 7.98. The molecule has 33 heavy (non-hydrogen) atoms. The number of imidazole rings is 1. The molecule has 170 valence electrons. The number of H-pyrrole nitrogens is 1. The highest BCUT2D eigenvalue weighted by Crippen LogP contribution is 2.39. The third kappa shape index (κ3) is 4.82. The van der Waals surface area contributed by atoms with E-state index < -0.39 is 17.7 Å². The summed E-state index contributed by atoms with van der Waals surface area (Å²) in [6, 6.07) is 15.6. The summed E-state index contributed by atoms with van der Waals surface area (Å²) in [4.78, 5) is 30.6. The minimum absolute atomic E-state index is 0.114. The standard InChI is InChI=1S/C26H27N3O4/c1-2-17-33-21-11-9-20(10-12-21)24(30)22-23(19-7-4-3-5-8-19)29(26(32)25(22)31)15-6-14-28-16-13-27-18-28/h3-5,7-13,16,18,23H,2,6,14-15,17H2,1H3,(H,30,31)/p+1. The zero-order chi connectivity index (χ0) is 23.2. The molecule has 1 aliphatic heterocycles. The Morgan fingerprint density at radius 2 is 1.88 bits per heavy atom. The van der Waals surface area contributed by atoms with Crippen molar-refractivity contribution in [2.75, 3.05) is 13.2 Å². The monoisotopic (exact) mass is 446 g/mol. The van der Waals surface area contributed by atoms with Crippen molar-refractivity contribution in [3.8, 4) is 5.75 Å². The molecule has 0 aliphatic carbocycles. The van der Waals surface area contributed by atoms with E-state index in [0.29, 0.717) is 37.4 Å². The second-order valence-electron chi connectivity index (χ2n) is 7.98. The first-order chi connectivity index (χ1) is 16.1. The third-order valence-electron chi connectivity index (χ3n) is 5.67. The number of Topliss-reactive ketones (excluding diaryl/α,β-unsaturated/α-hetero) is 1. The largest absolute Gasteiger partial charge is 0.507 e. The highest BCUT2D eigenvalue weighted by molar-refractivity contribution is 6.46. The highest BCUT2D eigenvalue weighted by Gasteiger charge is 2.45. The lowest BCUT2D eigenvalue weighted by atomic mass is 9.95. The molecule has 1 aromatic heterocycles. The number of nitrogens with one attached hydrogen (secondary N) is 1. The molecule has 0 spiro atoms. The molecule has 0 radical (unpaired) electrons. The molecule has 1 saturated heterocycles. The lowest BCUT2D eigenvalue weighted by Gasteiger charge is -2.25. The van der Waals surface area contributed by atoms with Gasteiger partial charge in [-0.3, -0.25) is 14.6 Å². The highest BCUT2D eigenvalue weighted by atomic mass is 16.5. The van der Waals surface area contributed by atoms with Crippen molar-refractivity contribution in [3.63, 3.8) is 0 Å². The number of likely N-dealkylation sites (tertiary alicyclic amines) is 1. The van der Waals surface area contributed by atoms with E-state index in [0.717, 1.165) is 12.0 Å². The van der Waals surface area contributed by atoms with E-state index in [1.165, 1.54) is 0 Å². The fourth-order valence-corrected chi connectivity index (χ4v) is 4.06. The zero-order valence-electron chi connectivity index (χ0n) is 18.6. The first-order valence-electron chi connectivity index (χ1n) is 11.2. The van der Waals surface area contributed by atoms with Crippen molar-refractivity contribution in [2.45, 2.75) is 32.4 Å². The summed E-state index contributed by atoms with van der Waals surface area (Å²) in [7, 11) is 0. The van der Waals surface area contributed by atoms with Crippen molar-refractivity contribution in [1.29, 1.82) is 0 Å². The first-order valence-corrected chi connectivity index (χ1v) is 11.2. The Kier molecular flexibility index (Phi) is 6.88. The molecule has 1 atom stereocenters. The minimum atomic E-state index is -0.665. The maximum absolute atomic E-state index is 13.1. The molecule has 1 aliphatic rings. The molecule has 2 aromatic carbocycles. The van der Waals surface area contributed by atoms with E-state index in [2.05, 4.69) is 4.98 Å². The van der Waals surface area contributed by atoms with Gasteiger partial charge in [-0.1, -0.05) is 37.3 Å². The number of rotatable bonds is 9. The summed E-state index contributed by atoms with van der Waals surface area (Å²) in [5, 5.41) is 11.1. The maximum Gasteiger partial charge on any atom is 0.295 e. The molecule has 4 rings (SSSR count). The Labute approximate surface area is 192 Å². The molecule has 7 nitrogen and oxygen atoms in total. The smallest absolute Gasteiger partial charge is 0.295 e. The van der Waals surface area contributed by atoms with Crippen molar-refractivity contribution in [1.82, 2.24) is 9.88 Å². The first kappa shape index (κ1) is 22.3. The van der Waals surface area contributed by atoms with Crippen molar-refractivity contribution >= 4 is 17.4 Å². The molecule has 2 N–H and O–H groups in total. The number of ketones is 1. The van der Waals surface area contributed by atoms with Gasteiger partial charge in [0.1, 0.15) is 23.9 Å². The summed E-state index contributed by atoms with van der Waals surface area (Å²) in [6.45, 7) is 3.72. The molecule has 1 fully saturated rings. The van der Waals surface area contributed by atoms with Gasteiger partial charge in [-0.05, 0) is 36.2 Å². The number of hydrogen-bond donors (Lipinski definition) is 2. The average molecular weight is 447 g/mol. The van der Waals surface area contributed by atoms with Gasteiger partial charge in [0.15, 0.2) is 0 Å². The topological polar surface area (TPSA) is 86.5 Å². The normalized spacial score (nSPS) is 17.5. The summed E-state index contributed by atoms with van der Waals surface area (Å²) >= 11 is 0. The van der Waals surface area contributed by atoms with Gasteiger partial charge >= 0.3 is 0 Å². The molecule has 3 aromatic rings. The summed E-state index contributed by atoms with van der Waals surface area (Å²) in [5.74, 6) is -0.739. The molecule has 2 heterocycles. The molecule has 0 bridgehead atoms. The van der Waals surface area contributed by atoms with E-state index in [1.54, 1.807) is 29.2 Å². The van der Waals surface area contributed by atoms with Crippen LogP contribution in [0.4, 0.5) is 0 Å². The minimum Gasteiger partial charge on any atom is -0.507 e. The van der Waals surface area contributed by atoms with Gasteiger partial charge in [-0.2, -0.15) is 0 Å². The van der Waals surface area contributed by atoms with Gasteiger partial charge in [-0.15, -0.1) is 0 Å². The van der Waals surface area contributed by atoms with Crippen LogP contribution < -0.4 is 9.30 Å². The number of aromatic nitrogens is 2. The predicted octanol–water partition coefficient (Wildman–Crippen LogP) is 3.60. The SMILES string of the molecule is CCCOc1ccc(/C(O)=C2\C(=O)C(=O)N(CCC[n+]3cc[nH]c3)C2c2ccccc2)cc1. The number of aryl methyl sites for hydroxylation is 1. The number of aliphatic hydroxyl groups is 1. The Hall–Kier alpha value is -3.87. The number of benzene rings is 2. The van der Waals surface area contributed by atoms with Crippen LogP contribution in [0.2, 0.25) is 0 Å². The van der Waals surface area contributed by atoms with Crippen LogP contribution in [-0.2, 0) is 16.1 Å². The van der Waals surface area contributed by atoms with Crippen LogP contribution in [0, 0.1) is 0 Å². The quantitative estimate of drug-likeness (QED) is 0.228. The number of carbonyl (C=O) groups is 2. The molecule has 1 amide bonds. The maximum atomic E-state index is 13.1. The number of ether oxygens (including phenoxy) is 1. The van der Waals surface area contributed by atoms with Crippen molar-refractivity contribution < 1.29 is 24.0 Å². The van der Waals surface area contributed by atoms with Crippen molar-refractivity contribution in [3.05, 3.63) is 90.0 Å². The van der Waals surface area contributed by atoms with Crippen LogP contribution in [0.25, 0.3) is 5.76 Å². The number of aliphatic hydroxyl groups excluding tert-OH is 1. The van der Waals surface area contributed by atoms with Crippen molar-refractivity contribution in [2.24, 2.45) is 0 Å². The fourth-order valence-electron chi connectivity index (χ4n) is 4.06. The Balaban J connectivity index is 1.66. The lowest BCUT2D eigenvalue weighted by molar-refractivity contribution is -0.695. The summed E-state index contributed by atoms with van der Waals surface area (Å²) < 4.78 is 7.59. The van der Waals surface area contributed by atoms with Crippen LogP contribution >= 0.6 is 0 Å². The van der Waals surface area contributed by atoms with E-state index >= 15 is 0 Å². The number of hydrogen-bond acceptors (Lipinski definition) is 4. The Bertz CT molecular complexity index is 1120. The predicted molar refractivity (Wildman–Crippen MR) is 123 cm³/mol.